The zero-order valence-electron chi connectivity index (χ0n) is 17.7. The Bertz CT molecular complexity index is 1140. The van der Waals surface area contributed by atoms with Crippen LogP contribution in [-0.4, -0.2) is 48.0 Å². The third kappa shape index (κ3) is 3.83. The molecular weight excluding hydrogens is 390 g/mol. The summed E-state index contributed by atoms with van der Waals surface area (Å²) in [5.41, 5.74) is 5.32. The molecule has 1 saturated heterocycles. The minimum Gasteiger partial charge on any atom is -0.378 e. The van der Waals surface area contributed by atoms with Gasteiger partial charge in [-0.05, 0) is 55.0 Å². The normalized spacial score (nSPS) is 18.6. The van der Waals surface area contributed by atoms with Gasteiger partial charge in [-0.15, -0.1) is 0 Å². The second-order valence-electron chi connectivity index (χ2n) is 8.60. The summed E-state index contributed by atoms with van der Waals surface area (Å²) in [5.74, 6) is 0.455. The number of aromatic nitrogens is 1. The number of carbonyl (C=O) groups is 2. The highest BCUT2D eigenvalue weighted by molar-refractivity contribution is 6.13. The Morgan fingerprint density at radius 1 is 1.13 bits per heavy atom. The lowest BCUT2D eigenvalue weighted by Crippen LogP contribution is -2.40. The Hall–Kier alpha value is -3.12. The van der Waals surface area contributed by atoms with Crippen LogP contribution in [0, 0.1) is 5.92 Å². The fraction of sp³-hybridized carbons (Fsp3) is 0.360. The van der Waals surface area contributed by atoms with Gasteiger partial charge in [-0.25, -0.2) is 0 Å². The molecule has 0 radical (unpaired) electrons. The number of amides is 2. The van der Waals surface area contributed by atoms with E-state index < -0.39 is 0 Å². The van der Waals surface area contributed by atoms with Crippen molar-refractivity contribution in [1.82, 2.24) is 9.88 Å². The number of para-hydroxylation sites is 1. The number of fused-ring (bicyclic) bond motifs is 3. The second-order valence-corrected chi connectivity index (χ2v) is 8.60. The summed E-state index contributed by atoms with van der Waals surface area (Å²) in [6, 6.07) is 13.1. The predicted molar refractivity (Wildman–Crippen MR) is 121 cm³/mol. The topological polar surface area (TPSA) is 74.4 Å². The van der Waals surface area contributed by atoms with E-state index in [2.05, 4.69) is 23.3 Å². The molecule has 6 heteroatoms. The highest BCUT2D eigenvalue weighted by Crippen LogP contribution is 2.33. The number of anilines is 1. The van der Waals surface area contributed by atoms with Gasteiger partial charge in [-0.1, -0.05) is 25.1 Å². The minimum atomic E-state index is -0.173. The first-order chi connectivity index (χ1) is 15.1. The van der Waals surface area contributed by atoms with Gasteiger partial charge < -0.3 is 19.9 Å². The van der Waals surface area contributed by atoms with Crippen LogP contribution >= 0.6 is 0 Å². The summed E-state index contributed by atoms with van der Waals surface area (Å²) < 4.78 is 5.33. The molecule has 3 aromatic rings. The molecule has 1 aliphatic carbocycles. The number of aryl methyl sites for hydroxylation is 1. The fourth-order valence-electron chi connectivity index (χ4n) is 4.68. The summed E-state index contributed by atoms with van der Waals surface area (Å²) >= 11 is 0. The van der Waals surface area contributed by atoms with E-state index in [4.69, 9.17) is 4.74 Å². The molecule has 1 unspecified atom stereocenters. The average molecular weight is 418 g/mol. The molecule has 160 valence electrons. The molecule has 2 amide bonds. The number of benzene rings is 2. The molecule has 0 saturated carbocycles. The van der Waals surface area contributed by atoms with E-state index in [1.165, 1.54) is 17.7 Å². The van der Waals surface area contributed by atoms with Gasteiger partial charge in [0.15, 0.2) is 0 Å². The van der Waals surface area contributed by atoms with Crippen LogP contribution in [0.4, 0.5) is 5.69 Å². The van der Waals surface area contributed by atoms with Crippen LogP contribution in [-0.2, 0) is 17.6 Å². The van der Waals surface area contributed by atoms with Gasteiger partial charge >= 0.3 is 0 Å². The molecule has 0 spiro atoms. The van der Waals surface area contributed by atoms with Crippen molar-refractivity contribution in [1.29, 1.82) is 0 Å². The van der Waals surface area contributed by atoms with E-state index >= 15 is 0 Å². The Morgan fingerprint density at radius 3 is 2.77 bits per heavy atom. The zero-order chi connectivity index (χ0) is 21.4. The van der Waals surface area contributed by atoms with E-state index in [-0.39, 0.29) is 11.8 Å². The van der Waals surface area contributed by atoms with Crippen LogP contribution in [0.1, 0.15) is 45.3 Å². The average Bonchev–Trinajstić information content (AvgIpc) is 3.17. The number of rotatable bonds is 3. The molecule has 6 nitrogen and oxygen atoms in total. The third-order valence-corrected chi connectivity index (χ3v) is 6.38. The summed E-state index contributed by atoms with van der Waals surface area (Å²) in [5, 5.41) is 4.13. The number of ether oxygens (including phenoxy) is 1. The van der Waals surface area contributed by atoms with Gasteiger partial charge in [0.05, 0.1) is 24.3 Å². The molecule has 1 fully saturated rings. The van der Waals surface area contributed by atoms with Gasteiger partial charge in [0.25, 0.3) is 11.8 Å². The Labute approximate surface area is 181 Å². The Morgan fingerprint density at radius 2 is 1.94 bits per heavy atom. The number of aromatic amines is 1. The fourth-order valence-corrected chi connectivity index (χ4v) is 4.68. The van der Waals surface area contributed by atoms with Crippen molar-refractivity contribution in [3.8, 4) is 0 Å². The smallest absolute Gasteiger partial charge is 0.257 e. The van der Waals surface area contributed by atoms with Gasteiger partial charge in [0.1, 0.15) is 0 Å². The lowest BCUT2D eigenvalue weighted by atomic mass is 9.87. The van der Waals surface area contributed by atoms with Gasteiger partial charge in [0.2, 0.25) is 0 Å². The van der Waals surface area contributed by atoms with E-state index in [0.717, 1.165) is 23.7 Å². The van der Waals surface area contributed by atoms with E-state index in [1.54, 1.807) is 23.1 Å². The minimum absolute atomic E-state index is 0.0346. The van der Waals surface area contributed by atoms with Crippen molar-refractivity contribution in [2.75, 3.05) is 31.6 Å². The number of nitrogens with zero attached hydrogens (tertiary/aromatic N) is 1. The first-order valence-corrected chi connectivity index (χ1v) is 11.0. The summed E-state index contributed by atoms with van der Waals surface area (Å²) in [4.78, 5) is 31.2. The number of morpholine rings is 1. The number of hydrogen-bond donors (Lipinski definition) is 2. The maximum absolute atomic E-state index is 13.1. The number of hydrogen-bond acceptors (Lipinski definition) is 3. The predicted octanol–water partition coefficient (Wildman–Crippen LogP) is 4.02. The van der Waals surface area contributed by atoms with Crippen molar-refractivity contribution in [2.45, 2.75) is 26.2 Å². The molecule has 1 aliphatic heterocycles. The first-order valence-electron chi connectivity index (χ1n) is 11.0. The van der Waals surface area contributed by atoms with Crippen LogP contribution in [0.5, 0.6) is 0 Å². The zero-order valence-corrected chi connectivity index (χ0v) is 17.7. The largest absolute Gasteiger partial charge is 0.378 e. The maximum atomic E-state index is 13.1. The molecule has 1 atom stereocenters. The molecule has 2 N–H and O–H groups in total. The molecule has 1 aromatic heterocycles. The number of nitrogens with one attached hydrogen (secondary N) is 2. The standard InChI is InChI=1S/C25H27N3O3/c1-16-8-9-22-21(14-16)19-6-3-7-20(23(19)27-22)24(29)26-18-5-2-4-17(15-18)25(30)28-10-12-31-13-11-28/h2-7,15-16,27H,8-14H2,1H3,(H,26,29). The summed E-state index contributed by atoms with van der Waals surface area (Å²) in [6.07, 6.45) is 3.25. The number of H-pyrrole nitrogens is 1. The van der Waals surface area contributed by atoms with Crippen molar-refractivity contribution in [3.63, 3.8) is 0 Å². The molecule has 2 heterocycles. The lowest BCUT2D eigenvalue weighted by molar-refractivity contribution is 0.0303. The molecule has 2 aliphatic rings. The van der Waals surface area contributed by atoms with Gasteiger partial charge in [-0.2, -0.15) is 0 Å². The summed E-state index contributed by atoms with van der Waals surface area (Å²) in [7, 11) is 0. The molecular formula is C25H27N3O3. The monoisotopic (exact) mass is 417 g/mol. The SMILES string of the molecule is CC1CCc2[nH]c3c(C(=O)Nc4cccc(C(=O)N5CCOCC5)c4)cccc3c2C1. The van der Waals surface area contributed by atoms with E-state index in [1.807, 2.05) is 18.2 Å². The van der Waals surface area contributed by atoms with Gasteiger partial charge in [-0.3, -0.25) is 9.59 Å². The lowest BCUT2D eigenvalue weighted by Gasteiger charge is -2.27. The summed E-state index contributed by atoms with van der Waals surface area (Å²) in [6.45, 7) is 4.58. The highest BCUT2D eigenvalue weighted by atomic mass is 16.5. The Kier molecular flexibility index (Phi) is 5.24. The van der Waals surface area contributed by atoms with Crippen LogP contribution in [0.25, 0.3) is 10.9 Å². The molecule has 31 heavy (non-hydrogen) atoms. The van der Waals surface area contributed by atoms with Crippen LogP contribution in [0.3, 0.4) is 0 Å². The molecule has 0 bridgehead atoms. The quantitative estimate of drug-likeness (QED) is 0.676. The second kappa shape index (κ2) is 8.19. The van der Waals surface area contributed by atoms with E-state index in [0.29, 0.717) is 49.0 Å². The third-order valence-electron chi connectivity index (χ3n) is 6.38. The van der Waals surface area contributed by atoms with Gasteiger partial charge in [0, 0.05) is 35.4 Å². The maximum Gasteiger partial charge on any atom is 0.257 e. The number of carbonyl (C=O) groups excluding carboxylic acids is 2. The first kappa shape index (κ1) is 19.8. The molecule has 2 aromatic carbocycles. The highest BCUT2D eigenvalue weighted by Gasteiger charge is 2.23. The van der Waals surface area contributed by atoms with Crippen molar-refractivity contribution >= 4 is 28.4 Å². The van der Waals surface area contributed by atoms with Crippen LogP contribution in [0.15, 0.2) is 42.5 Å². The van der Waals surface area contributed by atoms with Crippen LogP contribution < -0.4 is 5.32 Å². The van der Waals surface area contributed by atoms with Crippen molar-refractivity contribution in [3.05, 3.63) is 64.8 Å². The Balaban J connectivity index is 1.39. The van der Waals surface area contributed by atoms with E-state index in [9.17, 15) is 9.59 Å². The molecule has 5 rings (SSSR count). The van der Waals surface area contributed by atoms with Crippen molar-refractivity contribution < 1.29 is 14.3 Å². The van der Waals surface area contributed by atoms with Crippen molar-refractivity contribution in [2.24, 2.45) is 5.92 Å². The van der Waals surface area contributed by atoms with Crippen LogP contribution in [0.2, 0.25) is 0 Å².